The highest BCUT2D eigenvalue weighted by molar-refractivity contribution is 5.94. The molecule has 2 aliphatic rings. The Labute approximate surface area is 174 Å². The van der Waals surface area contributed by atoms with Gasteiger partial charge >= 0.3 is 6.03 Å². The lowest BCUT2D eigenvalue weighted by Gasteiger charge is -2.39. The number of carbonyl (C=O) groups excluding carboxylic acids is 2. The van der Waals surface area contributed by atoms with Crippen molar-refractivity contribution in [2.24, 2.45) is 11.8 Å². The summed E-state index contributed by atoms with van der Waals surface area (Å²) in [5.41, 5.74) is 1.96. The van der Waals surface area contributed by atoms with E-state index >= 15 is 0 Å². The molecule has 1 atom stereocenters. The lowest BCUT2D eigenvalue weighted by molar-refractivity contribution is -0.126. The molecule has 6 nitrogen and oxygen atoms in total. The minimum atomic E-state index is 0.00817. The minimum Gasteiger partial charge on any atom is -0.486 e. The third kappa shape index (κ3) is 5.22. The standard InChI is InChI=1S/C23H35N3O3/c1-5-19-15-26(20-14-17(4)6-7-21(20)29-19)23(28)25-12-9-18(10-13-25)22(27)24-11-8-16(2)3/h6-7,14,16,18-19H,5,8-13,15H2,1-4H3,(H,24,27)/t19-/m0/s1. The number of urea groups is 1. The van der Waals surface area contributed by atoms with Crippen molar-refractivity contribution in [2.75, 3.05) is 31.1 Å². The van der Waals surface area contributed by atoms with Gasteiger partial charge in [0.05, 0.1) is 12.2 Å². The quantitative estimate of drug-likeness (QED) is 0.812. The molecule has 1 fully saturated rings. The van der Waals surface area contributed by atoms with E-state index in [-0.39, 0.29) is 24.0 Å². The molecule has 6 heteroatoms. The molecule has 1 aromatic rings. The summed E-state index contributed by atoms with van der Waals surface area (Å²) < 4.78 is 6.04. The Bertz CT molecular complexity index is 726. The number of fused-ring (bicyclic) bond motifs is 1. The average molecular weight is 402 g/mol. The molecule has 2 heterocycles. The Morgan fingerprint density at radius 3 is 2.62 bits per heavy atom. The zero-order valence-corrected chi connectivity index (χ0v) is 18.2. The molecule has 3 amide bonds. The lowest BCUT2D eigenvalue weighted by Crippen LogP contribution is -2.52. The van der Waals surface area contributed by atoms with Crippen LogP contribution in [-0.4, -0.2) is 49.1 Å². The smallest absolute Gasteiger partial charge is 0.324 e. The van der Waals surface area contributed by atoms with Crippen LogP contribution >= 0.6 is 0 Å². The molecule has 1 N–H and O–H groups in total. The summed E-state index contributed by atoms with van der Waals surface area (Å²) in [6.07, 6.45) is 3.31. The van der Waals surface area contributed by atoms with Gasteiger partial charge in [-0.1, -0.05) is 26.8 Å². The number of rotatable bonds is 5. The van der Waals surface area contributed by atoms with Crippen LogP contribution in [0, 0.1) is 18.8 Å². The molecule has 0 radical (unpaired) electrons. The fourth-order valence-corrected chi connectivity index (χ4v) is 3.98. The Balaban J connectivity index is 1.60. The second kappa shape index (κ2) is 9.51. The normalized spacial score (nSPS) is 19.7. The highest BCUT2D eigenvalue weighted by Gasteiger charge is 2.34. The second-order valence-corrected chi connectivity index (χ2v) is 8.75. The van der Waals surface area contributed by atoms with Gasteiger partial charge in [0.2, 0.25) is 5.91 Å². The van der Waals surface area contributed by atoms with Crippen LogP contribution in [-0.2, 0) is 4.79 Å². The van der Waals surface area contributed by atoms with E-state index in [1.807, 2.05) is 34.9 Å². The van der Waals surface area contributed by atoms with Crippen LogP contribution in [0.2, 0.25) is 0 Å². The number of piperidine rings is 1. The van der Waals surface area contributed by atoms with E-state index in [9.17, 15) is 9.59 Å². The van der Waals surface area contributed by atoms with Crippen molar-refractivity contribution in [3.63, 3.8) is 0 Å². The molecule has 1 aromatic carbocycles. The van der Waals surface area contributed by atoms with Crippen molar-refractivity contribution in [1.29, 1.82) is 0 Å². The van der Waals surface area contributed by atoms with Crippen molar-refractivity contribution in [3.05, 3.63) is 23.8 Å². The maximum absolute atomic E-state index is 13.3. The molecule has 160 valence electrons. The number of benzene rings is 1. The molecule has 0 aliphatic carbocycles. The van der Waals surface area contributed by atoms with Crippen molar-refractivity contribution in [2.45, 2.75) is 59.5 Å². The molecule has 29 heavy (non-hydrogen) atoms. The number of ether oxygens (including phenoxy) is 1. The average Bonchev–Trinajstić information content (AvgIpc) is 2.72. The van der Waals surface area contributed by atoms with Crippen molar-refractivity contribution in [1.82, 2.24) is 10.2 Å². The van der Waals surface area contributed by atoms with E-state index < -0.39 is 0 Å². The minimum absolute atomic E-state index is 0.00817. The van der Waals surface area contributed by atoms with Gasteiger partial charge in [-0.15, -0.1) is 0 Å². The number of amides is 3. The molecular formula is C23H35N3O3. The molecule has 0 unspecified atom stereocenters. The van der Waals surface area contributed by atoms with Gasteiger partial charge < -0.3 is 15.0 Å². The third-order valence-corrected chi connectivity index (χ3v) is 5.93. The Hall–Kier alpha value is -2.24. The van der Waals surface area contributed by atoms with Crippen molar-refractivity contribution < 1.29 is 14.3 Å². The van der Waals surface area contributed by atoms with Crippen molar-refractivity contribution in [3.8, 4) is 5.75 Å². The van der Waals surface area contributed by atoms with Gasteiger partial charge in [-0.05, 0) is 56.2 Å². The van der Waals surface area contributed by atoms with Crippen LogP contribution in [0.1, 0.15) is 52.0 Å². The monoisotopic (exact) mass is 401 g/mol. The van der Waals surface area contributed by atoms with E-state index in [1.165, 1.54) is 0 Å². The zero-order valence-electron chi connectivity index (χ0n) is 18.2. The highest BCUT2D eigenvalue weighted by Crippen LogP contribution is 2.36. The van der Waals surface area contributed by atoms with Crippen LogP contribution in [0.4, 0.5) is 10.5 Å². The summed E-state index contributed by atoms with van der Waals surface area (Å²) in [5.74, 6) is 1.51. The first-order valence-electron chi connectivity index (χ1n) is 11.0. The van der Waals surface area contributed by atoms with E-state index in [0.717, 1.165) is 49.2 Å². The predicted molar refractivity (Wildman–Crippen MR) is 115 cm³/mol. The summed E-state index contributed by atoms with van der Waals surface area (Å²) in [6, 6.07) is 6.02. The van der Waals surface area contributed by atoms with E-state index in [1.54, 1.807) is 0 Å². The SMILES string of the molecule is CC[C@H]1CN(C(=O)N2CCC(C(=O)NCCC(C)C)CC2)c2cc(C)ccc2O1. The van der Waals surface area contributed by atoms with Gasteiger partial charge in [0.1, 0.15) is 11.9 Å². The van der Waals surface area contributed by atoms with Gasteiger partial charge in [0.15, 0.2) is 0 Å². The summed E-state index contributed by atoms with van der Waals surface area (Å²) in [7, 11) is 0. The first-order valence-corrected chi connectivity index (χ1v) is 11.0. The maximum atomic E-state index is 13.3. The second-order valence-electron chi connectivity index (χ2n) is 8.75. The molecule has 0 spiro atoms. The van der Waals surface area contributed by atoms with Gasteiger partial charge in [-0.25, -0.2) is 4.79 Å². The van der Waals surface area contributed by atoms with Crippen LogP contribution in [0.15, 0.2) is 18.2 Å². The number of anilines is 1. The Morgan fingerprint density at radius 2 is 1.97 bits per heavy atom. The summed E-state index contributed by atoms with van der Waals surface area (Å²) in [6.45, 7) is 11.0. The Morgan fingerprint density at radius 1 is 1.24 bits per heavy atom. The lowest BCUT2D eigenvalue weighted by atomic mass is 9.96. The van der Waals surface area contributed by atoms with Gasteiger partial charge in [0.25, 0.3) is 0 Å². The van der Waals surface area contributed by atoms with Gasteiger partial charge in [0, 0.05) is 25.6 Å². The van der Waals surface area contributed by atoms with Crippen molar-refractivity contribution >= 4 is 17.6 Å². The fourth-order valence-electron chi connectivity index (χ4n) is 3.98. The van der Waals surface area contributed by atoms with Crippen LogP contribution in [0.25, 0.3) is 0 Å². The van der Waals surface area contributed by atoms with Crippen LogP contribution in [0.3, 0.4) is 0 Å². The number of hydrogen-bond acceptors (Lipinski definition) is 3. The number of hydrogen-bond donors (Lipinski definition) is 1. The summed E-state index contributed by atoms with van der Waals surface area (Å²) >= 11 is 0. The molecule has 0 bridgehead atoms. The van der Waals surface area contributed by atoms with E-state index in [0.29, 0.717) is 25.6 Å². The molecular weight excluding hydrogens is 366 g/mol. The third-order valence-electron chi connectivity index (χ3n) is 5.93. The molecule has 0 aromatic heterocycles. The van der Waals surface area contributed by atoms with Crippen LogP contribution in [0.5, 0.6) is 5.75 Å². The van der Waals surface area contributed by atoms with Gasteiger partial charge in [-0.3, -0.25) is 9.69 Å². The summed E-state index contributed by atoms with van der Waals surface area (Å²) in [5, 5.41) is 3.05. The first kappa shape index (κ1) is 21.5. The highest BCUT2D eigenvalue weighted by atomic mass is 16.5. The molecule has 3 rings (SSSR count). The predicted octanol–water partition coefficient (Wildman–Crippen LogP) is 3.97. The maximum Gasteiger partial charge on any atom is 0.324 e. The zero-order chi connectivity index (χ0) is 21.0. The van der Waals surface area contributed by atoms with Crippen LogP contribution < -0.4 is 15.0 Å². The number of nitrogens with zero attached hydrogens (tertiary/aromatic N) is 2. The van der Waals surface area contributed by atoms with Gasteiger partial charge in [-0.2, -0.15) is 0 Å². The number of likely N-dealkylation sites (tertiary alicyclic amines) is 1. The topological polar surface area (TPSA) is 61.9 Å². The molecule has 1 saturated heterocycles. The number of nitrogens with one attached hydrogen (secondary N) is 1. The van der Waals surface area contributed by atoms with E-state index in [4.69, 9.17) is 4.74 Å². The van der Waals surface area contributed by atoms with E-state index in [2.05, 4.69) is 26.1 Å². The molecule has 2 aliphatic heterocycles. The number of carbonyl (C=O) groups is 2. The largest absolute Gasteiger partial charge is 0.486 e. The number of aryl methyl sites for hydroxylation is 1. The molecule has 0 saturated carbocycles. The fraction of sp³-hybridized carbons (Fsp3) is 0.652. The summed E-state index contributed by atoms with van der Waals surface area (Å²) in [4.78, 5) is 29.5. The first-order chi connectivity index (χ1) is 13.9. The Kier molecular flexibility index (Phi) is 7.04.